The van der Waals surface area contributed by atoms with E-state index in [4.69, 9.17) is 14.3 Å². The molecule has 1 saturated carbocycles. The molecular weight excluding hydrogens is 261 g/mol. The Labute approximate surface area is 126 Å². The number of rotatable bonds is 2. The van der Waals surface area contributed by atoms with Crippen LogP contribution in [0.3, 0.4) is 0 Å². The maximum atomic E-state index is 6.14. The van der Waals surface area contributed by atoms with E-state index in [9.17, 15) is 0 Å². The van der Waals surface area contributed by atoms with Crippen molar-refractivity contribution >= 4 is 18.3 Å². The smallest absolute Gasteiger partial charge is 0.399 e. The highest BCUT2D eigenvalue weighted by atomic mass is 16.7. The molecule has 1 aliphatic carbocycles. The molecule has 0 unspecified atom stereocenters. The van der Waals surface area contributed by atoms with E-state index in [0.717, 1.165) is 12.0 Å². The van der Waals surface area contributed by atoms with Crippen LogP contribution in [0.1, 0.15) is 51.7 Å². The zero-order chi connectivity index (χ0) is 14.8. The average molecular weight is 283 g/mol. The largest absolute Gasteiger partial charge is 0.494 e. The van der Waals surface area contributed by atoms with Crippen LogP contribution in [-0.2, 0) is 15.9 Å². The SMILES string of the molecule is CC1(C)OB(c2ccc3c(c2)CN=C3C2CC2)OC1(C)C. The summed E-state index contributed by atoms with van der Waals surface area (Å²) < 4.78 is 12.3. The van der Waals surface area contributed by atoms with Crippen LogP contribution >= 0.6 is 0 Å². The molecule has 3 nitrogen and oxygen atoms in total. The summed E-state index contributed by atoms with van der Waals surface area (Å²) in [6, 6.07) is 6.57. The van der Waals surface area contributed by atoms with Crippen molar-refractivity contribution in [3.05, 3.63) is 29.3 Å². The fourth-order valence-corrected chi connectivity index (χ4v) is 3.08. The molecule has 0 radical (unpaired) electrons. The summed E-state index contributed by atoms with van der Waals surface area (Å²) in [7, 11) is -0.273. The van der Waals surface area contributed by atoms with Gasteiger partial charge in [-0.05, 0) is 51.6 Å². The van der Waals surface area contributed by atoms with Crippen LogP contribution in [0.4, 0.5) is 0 Å². The van der Waals surface area contributed by atoms with Crippen molar-refractivity contribution in [2.75, 3.05) is 0 Å². The van der Waals surface area contributed by atoms with Gasteiger partial charge in [0.15, 0.2) is 0 Å². The van der Waals surface area contributed by atoms with Gasteiger partial charge in [0.25, 0.3) is 0 Å². The van der Waals surface area contributed by atoms with Gasteiger partial charge in [0.05, 0.1) is 17.7 Å². The molecule has 1 saturated heterocycles. The Bertz CT molecular complexity index is 616. The molecular formula is C17H22BNO2. The lowest BCUT2D eigenvalue weighted by atomic mass is 9.77. The Morgan fingerprint density at radius 3 is 2.38 bits per heavy atom. The third-order valence-corrected chi connectivity index (χ3v) is 5.31. The van der Waals surface area contributed by atoms with E-state index in [1.807, 2.05) is 0 Å². The Kier molecular flexibility index (Phi) is 2.71. The van der Waals surface area contributed by atoms with Gasteiger partial charge in [-0.25, -0.2) is 0 Å². The molecule has 4 heteroatoms. The van der Waals surface area contributed by atoms with Crippen LogP contribution in [0.5, 0.6) is 0 Å². The summed E-state index contributed by atoms with van der Waals surface area (Å²) in [5.74, 6) is 0.717. The molecule has 1 aromatic rings. The second kappa shape index (κ2) is 4.20. The molecule has 110 valence electrons. The van der Waals surface area contributed by atoms with Gasteiger partial charge < -0.3 is 9.31 Å². The minimum atomic E-state index is -0.285. The minimum Gasteiger partial charge on any atom is -0.399 e. The van der Waals surface area contributed by atoms with E-state index in [1.165, 1.54) is 29.7 Å². The number of hydrogen-bond donors (Lipinski definition) is 0. The fourth-order valence-electron chi connectivity index (χ4n) is 3.08. The lowest BCUT2D eigenvalue weighted by Gasteiger charge is -2.32. The standard InChI is InChI=1S/C17H22BNO2/c1-16(2)17(3,4)21-18(20-16)13-7-8-14-12(9-13)10-19-15(14)11-5-6-11/h7-9,11H,5-6,10H2,1-4H3. The van der Waals surface area contributed by atoms with Crippen molar-refractivity contribution in [3.63, 3.8) is 0 Å². The zero-order valence-corrected chi connectivity index (χ0v) is 13.3. The van der Waals surface area contributed by atoms with E-state index in [0.29, 0.717) is 5.92 Å². The van der Waals surface area contributed by atoms with Crippen LogP contribution < -0.4 is 5.46 Å². The number of aliphatic imine (C=N–C) groups is 1. The third-order valence-electron chi connectivity index (χ3n) is 5.31. The lowest BCUT2D eigenvalue weighted by molar-refractivity contribution is 0.00578. The van der Waals surface area contributed by atoms with Gasteiger partial charge in [0.1, 0.15) is 0 Å². The summed E-state index contributed by atoms with van der Waals surface area (Å²) in [5.41, 5.74) is 4.53. The lowest BCUT2D eigenvalue weighted by Crippen LogP contribution is -2.41. The molecule has 0 bridgehead atoms. The molecule has 0 N–H and O–H groups in total. The molecule has 0 atom stereocenters. The summed E-state index contributed by atoms with van der Waals surface area (Å²) in [4.78, 5) is 4.73. The maximum absolute atomic E-state index is 6.14. The quantitative estimate of drug-likeness (QED) is 0.781. The zero-order valence-electron chi connectivity index (χ0n) is 13.3. The Morgan fingerprint density at radius 2 is 1.76 bits per heavy atom. The predicted octanol–water partition coefficient (Wildman–Crippen LogP) is 2.70. The van der Waals surface area contributed by atoms with E-state index < -0.39 is 0 Å². The fraction of sp³-hybridized carbons (Fsp3) is 0.588. The molecule has 2 heterocycles. The average Bonchev–Trinajstić information content (AvgIpc) is 3.11. The van der Waals surface area contributed by atoms with Gasteiger partial charge in [-0.1, -0.05) is 18.2 Å². The van der Waals surface area contributed by atoms with Crippen LogP contribution in [0.15, 0.2) is 23.2 Å². The van der Waals surface area contributed by atoms with E-state index in [-0.39, 0.29) is 18.3 Å². The molecule has 21 heavy (non-hydrogen) atoms. The van der Waals surface area contributed by atoms with Crippen molar-refractivity contribution in [2.45, 2.75) is 58.3 Å². The van der Waals surface area contributed by atoms with Gasteiger partial charge in [-0.3, -0.25) is 4.99 Å². The summed E-state index contributed by atoms with van der Waals surface area (Å²) in [6.45, 7) is 9.18. The predicted molar refractivity (Wildman–Crippen MR) is 85.1 cm³/mol. The van der Waals surface area contributed by atoms with Gasteiger partial charge in [0, 0.05) is 17.2 Å². The summed E-state index contributed by atoms with van der Waals surface area (Å²) in [6.07, 6.45) is 2.61. The Hall–Kier alpha value is -1.13. The van der Waals surface area contributed by atoms with Crippen molar-refractivity contribution in [2.24, 2.45) is 10.9 Å². The Balaban J connectivity index is 1.61. The van der Waals surface area contributed by atoms with Crippen LogP contribution in [0.25, 0.3) is 0 Å². The van der Waals surface area contributed by atoms with Crippen LogP contribution in [0, 0.1) is 5.92 Å². The maximum Gasteiger partial charge on any atom is 0.494 e. The highest BCUT2D eigenvalue weighted by molar-refractivity contribution is 6.62. The number of benzene rings is 1. The first-order valence-electron chi connectivity index (χ1n) is 7.90. The second-order valence-electron chi connectivity index (χ2n) is 7.48. The minimum absolute atomic E-state index is 0.273. The number of hydrogen-bond acceptors (Lipinski definition) is 3. The van der Waals surface area contributed by atoms with Crippen molar-refractivity contribution < 1.29 is 9.31 Å². The van der Waals surface area contributed by atoms with E-state index >= 15 is 0 Å². The molecule has 0 aromatic heterocycles. The summed E-state index contributed by atoms with van der Waals surface area (Å²) >= 11 is 0. The first-order valence-corrected chi connectivity index (χ1v) is 7.90. The first-order chi connectivity index (χ1) is 9.87. The molecule has 0 amide bonds. The van der Waals surface area contributed by atoms with Crippen LogP contribution in [-0.4, -0.2) is 24.0 Å². The topological polar surface area (TPSA) is 30.8 Å². The highest BCUT2D eigenvalue weighted by Gasteiger charge is 2.51. The number of nitrogens with zero attached hydrogens (tertiary/aromatic N) is 1. The molecule has 2 fully saturated rings. The number of fused-ring (bicyclic) bond motifs is 1. The Morgan fingerprint density at radius 1 is 1.10 bits per heavy atom. The van der Waals surface area contributed by atoms with Crippen molar-refractivity contribution in [1.29, 1.82) is 0 Å². The van der Waals surface area contributed by atoms with E-state index in [2.05, 4.69) is 45.9 Å². The van der Waals surface area contributed by atoms with Gasteiger partial charge in [0.2, 0.25) is 0 Å². The second-order valence-corrected chi connectivity index (χ2v) is 7.48. The monoisotopic (exact) mass is 283 g/mol. The van der Waals surface area contributed by atoms with Gasteiger partial charge in [-0.15, -0.1) is 0 Å². The third kappa shape index (κ3) is 2.08. The molecule has 0 spiro atoms. The van der Waals surface area contributed by atoms with Gasteiger partial charge in [-0.2, -0.15) is 0 Å². The molecule has 4 rings (SSSR count). The molecule has 1 aromatic carbocycles. The van der Waals surface area contributed by atoms with Crippen LogP contribution in [0.2, 0.25) is 0 Å². The van der Waals surface area contributed by atoms with E-state index in [1.54, 1.807) is 0 Å². The normalized spacial score (nSPS) is 25.9. The highest BCUT2D eigenvalue weighted by Crippen LogP contribution is 2.38. The van der Waals surface area contributed by atoms with Crippen molar-refractivity contribution in [1.82, 2.24) is 0 Å². The first kappa shape index (κ1) is 13.5. The van der Waals surface area contributed by atoms with Crippen molar-refractivity contribution in [3.8, 4) is 0 Å². The summed E-state index contributed by atoms with van der Waals surface area (Å²) in [5, 5.41) is 0. The molecule has 3 aliphatic rings. The molecule has 2 aliphatic heterocycles. The van der Waals surface area contributed by atoms with Gasteiger partial charge >= 0.3 is 7.12 Å².